The minimum absolute atomic E-state index is 0.223. The van der Waals surface area contributed by atoms with Gasteiger partial charge in [0.2, 0.25) is 0 Å². The maximum Gasteiger partial charge on any atom is 0.327 e. The van der Waals surface area contributed by atoms with E-state index in [1.165, 1.54) is 0 Å². The molecule has 0 aromatic heterocycles. The first-order valence-electron chi connectivity index (χ1n) is 10.6. The van der Waals surface area contributed by atoms with Crippen LogP contribution in [0.1, 0.15) is 51.6 Å². The van der Waals surface area contributed by atoms with Gasteiger partial charge in [0.1, 0.15) is 5.75 Å². The third-order valence-electron chi connectivity index (χ3n) is 7.04. The van der Waals surface area contributed by atoms with Gasteiger partial charge >= 0.3 is 5.97 Å². The number of halogens is 1. The fraction of sp³-hybridized carbons (Fsp3) is 0.222. The summed E-state index contributed by atoms with van der Waals surface area (Å²) < 4.78 is 6.47. The van der Waals surface area contributed by atoms with Crippen molar-refractivity contribution >= 4 is 33.5 Å². The second-order valence-electron chi connectivity index (χ2n) is 8.59. The lowest BCUT2D eigenvalue weighted by molar-refractivity contribution is -0.140. The standard InChI is InChI=1S/C27H21BrO4/c1-3-16-9-11-18(12-10-16)23(29)26(2)22-20-15-19(28)13-14-21(20)32-25(31)27(22,26)24(30)17-7-5-4-6-8-17/h4-15,22H,3H2,1-2H3/t22-,26+,27-/m1/s1. The van der Waals surface area contributed by atoms with Crippen LogP contribution in [-0.4, -0.2) is 17.5 Å². The van der Waals surface area contributed by atoms with Gasteiger partial charge < -0.3 is 4.74 Å². The van der Waals surface area contributed by atoms with Crippen molar-refractivity contribution in [3.8, 4) is 5.75 Å². The number of hydrogen-bond donors (Lipinski definition) is 0. The van der Waals surface area contributed by atoms with Crippen LogP contribution in [0.4, 0.5) is 0 Å². The highest BCUT2D eigenvalue weighted by Gasteiger charge is 2.87. The molecule has 0 unspecified atom stereocenters. The highest BCUT2D eigenvalue weighted by molar-refractivity contribution is 9.10. The number of esters is 1. The average molecular weight is 489 g/mol. The van der Waals surface area contributed by atoms with E-state index in [0.29, 0.717) is 22.4 Å². The summed E-state index contributed by atoms with van der Waals surface area (Å²) in [5, 5.41) is 0. The Hall–Kier alpha value is -3.05. The van der Waals surface area contributed by atoms with Crippen LogP contribution in [0.5, 0.6) is 5.75 Å². The fourth-order valence-corrected chi connectivity index (χ4v) is 5.67. The van der Waals surface area contributed by atoms with Crippen molar-refractivity contribution in [2.75, 3.05) is 0 Å². The Balaban J connectivity index is 1.70. The first-order valence-corrected chi connectivity index (χ1v) is 11.4. The molecule has 2 aliphatic rings. The molecule has 5 heteroatoms. The van der Waals surface area contributed by atoms with Crippen molar-refractivity contribution in [2.45, 2.75) is 26.2 Å². The fourth-order valence-electron chi connectivity index (χ4n) is 5.29. The molecule has 0 bridgehead atoms. The highest BCUT2D eigenvalue weighted by Crippen LogP contribution is 2.79. The van der Waals surface area contributed by atoms with Gasteiger partial charge in [-0.2, -0.15) is 0 Å². The van der Waals surface area contributed by atoms with Gasteiger partial charge in [-0.15, -0.1) is 0 Å². The summed E-state index contributed by atoms with van der Waals surface area (Å²) in [5.74, 6) is -1.46. The van der Waals surface area contributed by atoms with E-state index >= 15 is 0 Å². The average Bonchev–Trinajstić information content (AvgIpc) is 3.42. The Kier molecular flexibility index (Phi) is 4.71. The van der Waals surface area contributed by atoms with Crippen LogP contribution in [0.15, 0.2) is 77.3 Å². The zero-order valence-corrected chi connectivity index (χ0v) is 19.3. The van der Waals surface area contributed by atoms with Crippen molar-refractivity contribution in [2.24, 2.45) is 10.8 Å². The molecule has 3 aromatic rings. The minimum atomic E-state index is -1.59. The Morgan fingerprint density at radius 2 is 1.59 bits per heavy atom. The van der Waals surface area contributed by atoms with Crippen LogP contribution in [0, 0.1) is 10.8 Å². The van der Waals surface area contributed by atoms with E-state index in [9.17, 15) is 14.4 Å². The molecule has 1 aliphatic carbocycles. The molecule has 3 aromatic carbocycles. The molecule has 0 amide bonds. The van der Waals surface area contributed by atoms with Crippen LogP contribution in [0.2, 0.25) is 0 Å². The number of aryl methyl sites for hydroxylation is 1. The SMILES string of the molecule is CCc1ccc(C(=O)[C@]2(C)[C@H]3c4cc(Br)ccc4OC(=O)[C@]32C(=O)c2ccccc2)cc1. The van der Waals surface area contributed by atoms with Crippen LogP contribution in [0.25, 0.3) is 0 Å². The molecule has 1 saturated carbocycles. The van der Waals surface area contributed by atoms with E-state index in [-0.39, 0.29) is 11.6 Å². The van der Waals surface area contributed by atoms with E-state index in [1.807, 2.05) is 31.2 Å². The highest BCUT2D eigenvalue weighted by atomic mass is 79.9. The molecule has 0 spiro atoms. The van der Waals surface area contributed by atoms with Gasteiger partial charge in [0.25, 0.3) is 0 Å². The van der Waals surface area contributed by atoms with Gasteiger partial charge in [0.05, 0.1) is 5.41 Å². The predicted molar refractivity (Wildman–Crippen MR) is 124 cm³/mol. The van der Waals surface area contributed by atoms with E-state index < -0.39 is 22.7 Å². The molecule has 32 heavy (non-hydrogen) atoms. The van der Waals surface area contributed by atoms with Crippen LogP contribution in [0.3, 0.4) is 0 Å². The normalized spacial score (nSPS) is 25.3. The molecule has 1 aliphatic heterocycles. The largest absolute Gasteiger partial charge is 0.425 e. The summed E-state index contributed by atoms with van der Waals surface area (Å²) >= 11 is 3.48. The zero-order valence-electron chi connectivity index (χ0n) is 17.7. The number of Topliss-reactive ketones (excluding diaryl/α,β-unsaturated/α-hetero) is 2. The Morgan fingerprint density at radius 3 is 2.25 bits per heavy atom. The molecule has 3 atom stereocenters. The molecule has 1 heterocycles. The molecule has 0 saturated heterocycles. The number of hydrogen-bond acceptors (Lipinski definition) is 4. The number of carbonyl (C=O) groups is 3. The zero-order chi connectivity index (χ0) is 22.7. The van der Waals surface area contributed by atoms with Crippen molar-refractivity contribution < 1.29 is 19.1 Å². The third-order valence-corrected chi connectivity index (χ3v) is 7.54. The molecular weight excluding hydrogens is 468 g/mol. The summed E-state index contributed by atoms with van der Waals surface area (Å²) in [4.78, 5) is 41.2. The summed E-state index contributed by atoms with van der Waals surface area (Å²) in [7, 11) is 0. The van der Waals surface area contributed by atoms with Crippen LogP contribution in [-0.2, 0) is 11.2 Å². The number of fused-ring (bicyclic) bond motifs is 3. The van der Waals surface area contributed by atoms with Gasteiger partial charge in [-0.25, -0.2) is 0 Å². The number of rotatable bonds is 5. The summed E-state index contributed by atoms with van der Waals surface area (Å²) in [6.45, 7) is 3.78. The molecule has 5 rings (SSSR count). The summed E-state index contributed by atoms with van der Waals surface area (Å²) in [5.41, 5.74) is -0.151. The van der Waals surface area contributed by atoms with Crippen LogP contribution < -0.4 is 4.74 Å². The number of benzene rings is 3. The minimum Gasteiger partial charge on any atom is -0.425 e. The van der Waals surface area contributed by atoms with Crippen molar-refractivity contribution in [1.29, 1.82) is 0 Å². The van der Waals surface area contributed by atoms with Gasteiger partial charge in [-0.05, 0) is 30.2 Å². The Morgan fingerprint density at radius 1 is 0.938 bits per heavy atom. The summed E-state index contributed by atoms with van der Waals surface area (Å²) in [6.07, 6.45) is 0.860. The number of ketones is 2. The first kappa shape index (κ1) is 20.8. The monoisotopic (exact) mass is 488 g/mol. The Labute approximate surface area is 194 Å². The van der Waals surface area contributed by atoms with Crippen molar-refractivity contribution in [1.82, 2.24) is 0 Å². The third kappa shape index (κ3) is 2.64. The number of ether oxygens (including phenoxy) is 1. The lowest BCUT2D eigenvalue weighted by Crippen LogP contribution is -2.39. The smallest absolute Gasteiger partial charge is 0.327 e. The quantitative estimate of drug-likeness (QED) is 0.197. The number of carbonyl (C=O) groups excluding carboxylic acids is 3. The first-order chi connectivity index (χ1) is 15.4. The molecule has 1 fully saturated rings. The van der Waals surface area contributed by atoms with Gasteiger partial charge in [-0.1, -0.05) is 84.4 Å². The molecule has 0 N–H and O–H groups in total. The molecular formula is C27H21BrO4. The second kappa shape index (κ2) is 7.24. The van der Waals surface area contributed by atoms with Crippen molar-refractivity contribution in [3.05, 3.63) is 99.5 Å². The molecule has 4 nitrogen and oxygen atoms in total. The summed E-state index contributed by atoms with van der Waals surface area (Å²) in [6, 6.07) is 21.4. The maximum absolute atomic E-state index is 13.9. The second-order valence-corrected chi connectivity index (χ2v) is 9.51. The van der Waals surface area contributed by atoms with Gasteiger partial charge in [0.15, 0.2) is 17.0 Å². The maximum atomic E-state index is 13.9. The topological polar surface area (TPSA) is 60.4 Å². The van der Waals surface area contributed by atoms with E-state index in [2.05, 4.69) is 15.9 Å². The lowest BCUT2D eigenvalue weighted by Gasteiger charge is -2.23. The lowest BCUT2D eigenvalue weighted by atomic mass is 9.82. The van der Waals surface area contributed by atoms with Crippen molar-refractivity contribution in [3.63, 3.8) is 0 Å². The Bertz CT molecular complexity index is 1260. The molecule has 160 valence electrons. The van der Waals surface area contributed by atoms with Gasteiger partial charge in [0, 0.05) is 27.1 Å². The predicted octanol–water partition coefficient (Wildman–Crippen LogP) is 5.79. The van der Waals surface area contributed by atoms with Gasteiger partial charge in [-0.3, -0.25) is 14.4 Å². The van der Waals surface area contributed by atoms with E-state index in [1.54, 1.807) is 55.5 Å². The van der Waals surface area contributed by atoms with E-state index in [0.717, 1.165) is 16.5 Å². The molecule has 0 radical (unpaired) electrons. The van der Waals surface area contributed by atoms with Crippen LogP contribution >= 0.6 is 15.9 Å². The van der Waals surface area contributed by atoms with E-state index in [4.69, 9.17) is 4.74 Å².